The van der Waals surface area contributed by atoms with Gasteiger partial charge in [-0.3, -0.25) is 0 Å². The van der Waals surface area contributed by atoms with Gasteiger partial charge in [0.15, 0.2) is 5.65 Å². The highest BCUT2D eigenvalue weighted by Crippen LogP contribution is 2.38. The van der Waals surface area contributed by atoms with Crippen LogP contribution in [0.3, 0.4) is 0 Å². The Labute approximate surface area is 192 Å². The molecule has 2 aliphatic heterocycles. The molecule has 0 radical (unpaired) electrons. The lowest BCUT2D eigenvalue weighted by Gasteiger charge is -2.35. The van der Waals surface area contributed by atoms with E-state index in [1.165, 1.54) is 30.5 Å². The number of aromatic hydroxyl groups is 1. The highest BCUT2D eigenvalue weighted by molar-refractivity contribution is 5.86. The number of para-hydroxylation sites is 1. The van der Waals surface area contributed by atoms with Crippen LogP contribution in [0.15, 0.2) is 42.6 Å². The van der Waals surface area contributed by atoms with E-state index in [0.717, 1.165) is 48.9 Å². The highest BCUT2D eigenvalue weighted by Gasteiger charge is 2.30. The summed E-state index contributed by atoms with van der Waals surface area (Å²) >= 11 is 0. The molecule has 1 saturated heterocycles. The maximum atomic E-state index is 10.3. The van der Waals surface area contributed by atoms with E-state index in [1.807, 2.05) is 30.5 Å². The second kappa shape index (κ2) is 8.03. The van der Waals surface area contributed by atoms with E-state index >= 15 is 0 Å². The molecule has 33 heavy (non-hydrogen) atoms. The predicted molar refractivity (Wildman–Crippen MR) is 129 cm³/mol. The lowest BCUT2D eigenvalue weighted by molar-refractivity contribution is 0.477. The monoisotopic (exact) mass is 441 g/mol. The first-order valence-electron chi connectivity index (χ1n) is 11.7. The maximum absolute atomic E-state index is 10.3. The second-order valence-corrected chi connectivity index (χ2v) is 8.91. The number of hydrogen-bond donors (Lipinski definition) is 2. The molecule has 6 rings (SSSR count). The van der Waals surface area contributed by atoms with Crippen molar-refractivity contribution in [2.24, 2.45) is 0 Å². The standard InChI is InChI=1S/C25H27N7O/c1-16-23-18-15-20(17-7-3-4-8-21(17)33)29-30-24(18)27-19(23)10-14-32(16)25-26-11-9-22(28-25)31-12-5-2-6-13-31/h3-4,7-9,11,15-16,33H,2,5-6,10,12-14H2,1H3,(H,27,30)/t16-/m1/s1. The normalized spacial score (nSPS) is 18.5. The number of rotatable bonds is 3. The van der Waals surface area contributed by atoms with Crippen molar-refractivity contribution in [2.45, 2.75) is 38.6 Å². The van der Waals surface area contributed by atoms with Crippen molar-refractivity contribution < 1.29 is 5.11 Å². The smallest absolute Gasteiger partial charge is 0.227 e. The zero-order valence-electron chi connectivity index (χ0n) is 18.7. The summed E-state index contributed by atoms with van der Waals surface area (Å²) in [6, 6.07) is 11.4. The largest absolute Gasteiger partial charge is 0.507 e. The van der Waals surface area contributed by atoms with Crippen molar-refractivity contribution in [2.75, 3.05) is 29.4 Å². The van der Waals surface area contributed by atoms with E-state index in [0.29, 0.717) is 11.3 Å². The summed E-state index contributed by atoms with van der Waals surface area (Å²) in [5.74, 6) is 1.99. The van der Waals surface area contributed by atoms with Gasteiger partial charge in [0, 0.05) is 54.5 Å². The first kappa shape index (κ1) is 20.0. The Kier molecular flexibility index (Phi) is 4.86. The second-order valence-electron chi connectivity index (χ2n) is 8.91. The van der Waals surface area contributed by atoms with Crippen molar-refractivity contribution >= 4 is 22.8 Å². The molecular weight excluding hydrogens is 414 g/mol. The summed E-state index contributed by atoms with van der Waals surface area (Å²) in [5, 5.41) is 20.1. The number of nitrogens with one attached hydrogen (secondary N) is 1. The van der Waals surface area contributed by atoms with Gasteiger partial charge >= 0.3 is 0 Å². The van der Waals surface area contributed by atoms with Gasteiger partial charge < -0.3 is 19.9 Å². The fraction of sp³-hybridized carbons (Fsp3) is 0.360. The molecule has 168 valence electrons. The Morgan fingerprint density at radius 3 is 2.73 bits per heavy atom. The minimum Gasteiger partial charge on any atom is -0.507 e. The van der Waals surface area contributed by atoms with Crippen LogP contribution >= 0.6 is 0 Å². The van der Waals surface area contributed by atoms with E-state index in [1.54, 1.807) is 12.1 Å². The summed E-state index contributed by atoms with van der Waals surface area (Å²) in [6.45, 7) is 5.16. The molecule has 8 heteroatoms. The molecular formula is C25H27N7O. The van der Waals surface area contributed by atoms with Gasteiger partial charge in [0.1, 0.15) is 11.6 Å². The number of phenols is 1. The molecule has 0 aliphatic carbocycles. The number of aromatic amines is 1. The average Bonchev–Trinajstić information content (AvgIpc) is 3.24. The van der Waals surface area contributed by atoms with Crippen LogP contribution in [0.5, 0.6) is 5.75 Å². The van der Waals surface area contributed by atoms with Crippen molar-refractivity contribution in [3.8, 4) is 17.0 Å². The van der Waals surface area contributed by atoms with Gasteiger partial charge in [-0.25, -0.2) is 4.98 Å². The van der Waals surface area contributed by atoms with Crippen molar-refractivity contribution in [3.05, 3.63) is 53.9 Å². The van der Waals surface area contributed by atoms with E-state index in [4.69, 9.17) is 4.98 Å². The van der Waals surface area contributed by atoms with Crippen LogP contribution in [0, 0.1) is 0 Å². The lowest BCUT2D eigenvalue weighted by Crippen LogP contribution is -2.36. The molecule has 0 unspecified atom stereocenters. The molecule has 5 heterocycles. The Hall–Kier alpha value is -3.68. The topological polar surface area (TPSA) is 94.1 Å². The molecule has 0 bridgehead atoms. The van der Waals surface area contributed by atoms with E-state index in [-0.39, 0.29) is 11.8 Å². The van der Waals surface area contributed by atoms with Gasteiger partial charge in [-0.05, 0) is 50.5 Å². The van der Waals surface area contributed by atoms with E-state index < -0.39 is 0 Å². The number of phenolic OH excluding ortho intramolecular Hbond substituents is 1. The summed E-state index contributed by atoms with van der Waals surface area (Å²) in [5.41, 5.74) is 4.50. The minimum absolute atomic E-state index is 0.0838. The van der Waals surface area contributed by atoms with E-state index in [9.17, 15) is 5.11 Å². The molecule has 2 aliphatic rings. The van der Waals surface area contributed by atoms with Crippen molar-refractivity contribution in [3.63, 3.8) is 0 Å². The van der Waals surface area contributed by atoms with Crippen LogP contribution < -0.4 is 9.80 Å². The number of fused-ring (bicyclic) bond motifs is 3. The average molecular weight is 442 g/mol. The summed E-state index contributed by atoms with van der Waals surface area (Å²) in [6.07, 6.45) is 6.48. The Morgan fingerprint density at radius 1 is 1.03 bits per heavy atom. The van der Waals surface area contributed by atoms with Gasteiger partial charge in [-0.1, -0.05) is 12.1 Å². The number of hydrogen-bond acceptors (Lipinski definition) is 7. The van der Waals surface area contributed by atoms with Crippen LogP contribution in [0.25, 0.3) is 22.3 Å². The quantitative estimate of drug-likeness (QED) is 0.491. The van der Waals surface area contributed by atoms with Crippen LogP contribution in [0.1, 0.15) is 43.5 Å². The van der Waals surface area contributed by atoms with Gasteiger partial charge in [-0.2, -0.15) is 4.98 Å². The Balaban J connectivity index is 1.37. The first-order chi connectivity index (χ1) is 16.2. The fourth-order valence-electron chi connectivity index (χ4n) is 5.19. The van der Waals surface area contributed by atoms with Gasteiger partial charge in [0.25, 0.3) is 0 Å². The molecule has 8 nitrogen and oxygen atoms in total. The summed E-state index contributed by atoms with van der Waals surface area (Å²) in [7, 11) is 0. The molecule has 0 saturated carbocycles. The Morgan fingerprint density at radius 2 is 1.88 bits per heavy atom. The molecule has 0 amide bonds. The Bertz CT molecular complexity index is 1310. The molecule has 2 N–H and O–H groups in total. The van der Waals surface area contributed by atoms with Gasteiger partial charge in [-0.15, -0.1) is 10.2 Å². The van der Waals surface area contributed by atoms with Crippen molar-refractivity contribution in [1.29, 1.82) is 0 Å². The SMILES string of the molecule is C[C@@H]1c2c([nH]c3nnc(-c4ccccc4O)cc23)CCN1c1nccc(N2CCCCC2)n1. The van der Waals surface area contributed by atoms with Crippen LogP contribution in [0.4, 0.5) is 11.8 Å². The summed E-state index contributed by atoms with van der Waals surface area (Å²) in [4.78, 5) is 17.7. The van der Waals surface area contributed by atoms with Crippen LogP contribution in [0.2, 0.25) is 0 Å². The molecule has 0 spiro atoms. The maximum Gasteiger partial charge on any atom is 0.227 e. The molecule has 1 aromatic carbocycles. The lowest BCUT2D eigenvalue weighted by atomic mass is 9.97. The zero-order valence-corrected chi connectivity index (χ0v) is 18.7. The van der Waals surface area contributed by atoms with Crippen molar-refractivity contribution in [1.82, 2.24) is 25.1 Å². The third-order valence-electron chi connectivity index (χ3n) is 6.91. The molecule has 3 aromatic heterocycles. The fourth-order valence-corrected chi connectivity index (χ4v) is 5.19. The van der Waals surface area contributed by atoms with E-state index in [2.05, 4.69) is 36.9 Å². The number of piperidine rings is 1. The van der Waals surface area contributed by atoms with Crippen LogP contribution in [-0.2, 0) is 6.42 Å². The number of nitrogens with zero attached hydrogens (tertiary/aromatic N) is 6. The van der Waals surface area contributed by atoms with Gasteiger partial charge in [0.05, 0.1) is 11.7 Å². The number of H-pyrrole nitrogens is 1. The highest BCUT2D eigenvalue weighted by atomic mass is 16.3. The molecule has 1 fully saturated rings. The summed E-state index contributed by atoms with van der Waals surface area (Å²) < 4.78 is 0. The predicted octanol–water partition coefficient (Wildman–Crippen LogP) is 4.23. The first-order valence-corrected chi connectivity index (χ1v) is 11.7. The van der Waals surface area contributed by atoms with Crippen LogP contribution in [-0.4, -0.2) is 49.9 Å². The molecule has 1 atom stereocenters. The van der Waals surface area contributed by atoms with Gasteiger partial charge in [0.2, 0.25) is 5.95 Å². The number of aromatic nitrogens is 5. The minimum atomic E-state index is 0.0838. The molecule has 4 aromatic rings. The number of benzene rings is 1. The third kappa shape index (κ3) is 3.46. The number of anilines is 2. The third-order valence-corrected chi connectivity index (χ3v) is 6.91. The zero-order chi connectivity index (χ0) is 22.4.